The van der Waals surface area contributed by atoms with Crippen molar-refractivity contribution in [3.8, 4) is 0 Å². The number of aliphatic carboxylic acids is 1. The van der Waals surface area contributed by atoms with Crippen LogP contribution in [-0.2, 0) is 4.79 Å². The molecule has 1 unspecified atom stereocenters. The van der Waals surface area contributed by atoms with E-state index in [0.717, 1.165) is 22.0 Å². The minimum absolute atomic E-state index is 0.0112. The second kappa shape index (κ2) is 4.94. The normalized spacial score (nSPS) is 12.6. The fourth-order valence-electron chi connectivity index (χ4n) is 1.96. The van der Waals surface area contributed by atoms with Crippen LogP contribution in [0.1, 0.15) is 30.4 Å². The van der Waals surface area contributed by atoms with E-state index >= 15 is 0 Å². The van der Waals surface area contributed by atoms with Gasteiger partial charge in [0.25, 0.3) is 0 Å². The lowest BCUT2D eigenvalue weighted by Gasteiger charge is -2.10. The van der Waals surface area contributed by atoms with Crippen molar-refractivity contribution in [2.75, 3.05) is 0 Å². The maximum Gasteiger partial charge on any atom is 0.303 e. The number of aromatic nitrogens is 1. The number of fused-ring (bicyclic) bond motifs is 1. The molecule has 0 aliphatic carbocycles. The molecule has 0 aliphatic rings. The largest absolute Gasteiger partial charge is 0.481 e. The molecule has 1 atom stereocenters. The smallest absolute Gasteiger partial charge is 0.303 e. The first-order chi connectivity index (χ1) is 8.47. The number of halogens is 1. The first-order valence-electron chi connectivity index (χ1n) is 5.76. The van der Waals surface area contributed by atoms with E-state index in [1.807, 2.05) is 38.1 Å². The van der Waals surface area contributed by atoms with Crippen LogP contribution in [0.15, 0.2) is 24.3 Å². The SMILES string of the molecule is Cc1cc2cc(C(C)CC(=O)O)ccc2nc1Cl. The molecule has 94 valence electrons. The van der Waals surface area contributed by atoms with Crippen LogP contribution in [-0.4, -0.2) is 16.1 Å². The molecule has 1 heterocycles. The molecule has 1 N–H and O–H groups in total. The van der Waals surface area contributed by atoms with E-state index in [4.69, 9.17) is 16.7 Å². The molecule has 1 aromatic heterocycles. The molecule has 1 aromatic carbocycles. The van der Waals surface area contributed by atoms with E-state index in [1.165, 1.54) is 0 Å². The van der Waals surface area contributed by atoms with Crippen LogP contribution in [0.5, 0.6) is 0 Å². The highest BCUT2D eigenvalue weighted by atomic mass is 35.5. The van der Waals surface area contributed by atoms with Gasteiger partial charge in [-0.25, -0.2) is 4.98 Å². The van der Waals surface area contributed by atoms with E-state index in [0.29, 0.717) is 5.15 Å². The predicted molar refractivity (Wildman–Crippen MR) is 72.2 cm³/mol. The number of hydrogen-bond donors (Lipinski definition) is 1. The number of benzene rings is 1. The Balaban J connectivity index is 2.43. The summed E-state index contributed by atoms with van der Waals surface area (Å²) in [6.45, 7) is 3.81. The molecule has 0 radical (unpaired) electrons. The Morgan fingerprint density at radius 3 is 2.83 bits per heavy atom. The Morgan fingerprint density at radius 1 is 1.44 bits per heavy atom. The lowest BCUT2D eigenvalue weighted by molar-refractivity contribution is -0.137. The third kappa shape index (κ3) is 2.62. The van der Waals surface area contributed by atoms with Gasteiger partial charge in [-0.2, -0.15) is 0 Å². The van der Waals surface area contributed by atoms with Gasteiger partial charge in [-0.3, -0.25) is 4.79 Å². The molecule has 0 saturated carbocycles. The number of carboxylic acids is 1. The highest BCUT2D eigenvalue weighted by Crippen LogP contribution is 2.25. The van der Waals surface area contributed by atoms with Crippen molar-refractivity contribution in [3.05, 3.63) is 40.5 Å². The van der Waals surface area contributed by atoms with Gasteiger partial charge in [0, 0.05) is 5.39 Å². The van der Waals surface area contributed by atoms with Crippen LogP contribution >= 0.6 is 11.6 Å². The van der Waals surface area contributed by atoms with Crippen LogP contribution in [0.25, 0.3) is 10.9 Å². The number of carbonyl (C=O) groups is 1. The summed E-state index contributed by atoms with van der Waals surface area (Å²) in [5, 5.41) is 10.3. The highest BCUT2D eigenvalue weighted by Gasteiger charge is 2.11. The Hall–Kier alpha value is -1.61. The predicted octanol–water partition coefficient (Wildman–Crippen LogP) is 3.77. The van der Waals surface area contributed by atoms with Crippen molar-refractivity contribution in [1.29, 1.82) is 0 Å². The van der Waals surface area contributed by atoms with Crippen LogP contribution in [0, 0.1) is 6.92 Å². The van der Waals surface area contributed by atoms with Crippen molar-refractivity contribution in [3.63, 3.8) is 0 Å². The zero-order valence-corrected chi connectivity index (χ0v) is 11.0. The standard InChI is InChI=1S/C14H14ClNO2/c1-8(6-13(17)18)10-3-4-12-11(7-10)5-9(2)14(15)16-12/h3-5,7-8H,6H2,1-2H3,(H,17,18). The first-order valence-corrected chi connectivity index (χ1v) is 6.14. The van der Waals surface area contributed by atoms with Gasteiger partial charge in [-0.05, 0) is 42.2 Å². The third-order valence-electron chi connectivity index (χ3n) is 3.02. The van der Waals surface area contributed by atoms with Gasteiger partial charge in [0.15, 0.2) is 0 Å². The minimum Gasteiger partial charge on any atom is -0.481 e. The number of carboxylic acid groups (broad SMARTS) is 1. The van der Waals surface area contributed by atoms with Crippen molar-refractivity contribution in [1.82, 2.24) is 4.98 Å². The minimum atomic E-state index is -0.784. The number of rotatable bonds is 3. The number of aryl methyl sites for hydroxylation is 1. The monoisotopic (exact) mass is 263 g/mol. The van der Waals surface area contributed by atoms with E-state index < -0.39 is 5.97 Å². The first kappa shape index (κ1) is 12.8. The molecular weight excluding hydrogens is 250 g/mol. The molecule has 0 aliphatic heterocycles. The molecular formula is C14H14ClNO2. The van der Waals surface area contributed by atoms with Gasteiger partial charge in [0.2, 0.25) is 0 Å². The number of nitrogens with zero attached hydrogens (tertiary/aromatic N) is 1. The molecule has 0 spiro atoms. The third-order valence-corrected chi connectivity index (χ3v) is 3.40. The summed E-state index contributed by atoms with van der Waals surface area (Å²) in [6.07, 6.45) is 0.130. The summed E-state index contributed by atoms with van der Waals surface area (Å²) < 4.78 is 0. The van der Waals surface area contributed by atoms with Crippen LogP contribution in [0.2, 0.25) is 5.15 Å². The van der Waals surface area contributed by atoms with E-state index in [9.17, 15) is 4.79 Å². The molecule has 18 heavy (non-hydrogen) atoms. The van der Waals surface area contributed by atoms with Crippen LogP contribution < -0.4 is 0 Å². The molecule has 0 fully saturated rings. The number of hydrogen-bond acceptors (Lipinski definition) is 2. The molecule has 4 heteroatoms. The molecule has 2 aromatic rings. The second-order valence-electron chi connectivity index (χ2n) is 4.55. The Labute approximate surface area is 110 Å². The van der Waals surface area contributed by atoms with Crippen molar-refractivity contribution >= 4 is 28.5 Å². The zero-order valence-electron chi connectivity index (χ0n) is 10.3. The van der Waals surface area contributed by atoms with Gasteiger partial charge in [0.05, 0.1) is 11.9 Å². The van der Waals surface area contributed by atoms with Crippen molar-refractivity contribution < 1.29 is 9.90 Å². The van der Waals surface area contributed by atoms with Gasteiger partial charge >= 0.3 is 5.97 Å². The summed E-state index contributed by atoms with van der Waals surface area (Å²) in [5.41, 5.74) is 2.76. The molecule has 0 saturated heterocycles. The topological polar surface area (TPSA) is 50.2 Å². The average Bonchev–Trinajstić information content (AvgIpc) is 2.29. The fraction of sp³-hybridized carbons (Fsp3) is 0.286. The molecule has 0 amide bonds. The summed E-state index contributed by atoms with van der Waals surface area (Å²) >= 11 is 5.97. The summed E-state index contributed by atoms with van der Waals surface area (Å²) in [7, 11) is 0. The maximum absolute atomic E-state index is 10.7. The lowest BCUT2D eigenvalue weighted by Crippen LogP contribution is -2.02. The van der Waals surface area contributed by atoms with Crippen molar-refractivity contribution in [2.24, 2.45) is 0 Å². The fourth-order valence-corrected chi connectivity index (χ4v) is 2.11. The van der Waals surface area contributed by atoms with E-state index in [-0.39, 0.29) is 12.3 Å². The average molecular weight is 264 g/mol. The summed E-state index contributed by atoms with van der Waals surface area (Å²) in [6, 6.07) is 7.75. The van der Waals surface area contributed by atoms with Gasteiger partial charge < -0.3 is 5.11 Å². The number of pyridine rings is 1. The van der Waals surface area contributed by atoms with Gasteiger partial charge in [0.1, 0.15) is 5.15 Å². The Morgan fingerprint density at radius 2 is 2.17 bits per heavy atom. The summed E-state index contributed by atoms with van der Waals surface area (Å²) in [5.74, 6) is -0.795. The zero-order chi connectivity index (χ0) is 13.3. The van der Waals surface area contributed by atoms with Crippen LogP contribution in [0.4, 0.5) is 0 Å². The molecule has 2 rings (SSSR count). The Bertz CT molecular complexity index is 610. The quantitative estimate of drug-likeness (QED) is 0.858. The molecule has 0 bridgehead atoms. The molecule has 3 nitrogen and oxygen atoms in total. The lowest BCUT2D eigenvalue weighted by atomic mass is 9.96. The van der Waals surface area contributed by atoms with Crippen molar-refractivity contribution in [2.45, 2.75) is 26.2 Å². The van der Waals surface area contributed by atoms with Crippen LogP contribution in [0.3, 0.4) is 0 Å². The highest BCUT2D eigenvalue weighted by molar-refractivity contribution is 6.30. The van der Waals surface area contributed by atoms with E-state index in [2.05, 4.69) is 4.98 Å². The summed E-state index contributed by atoms with van der Waals surface area (Å²) in [4.78, 5) is 15.0. The van der Waals surface area contributed by atoms with E-state index in [1.54, 1.807) is 0 Å². The van der Waals surface area contributed by atoms with Gasteiger partial charge in [-0.1, -0.05) is 24.6 Å². The second-order valence-corrected chi connectivity index (χ2v) is 4.91. The maximum atomic E-state index is 10.7. The Kier molecular flexibility index (Phi) is 3.53. The van der Waals surface area contributed by atoms with Gasteiger partial charge in [-0.15, -0.1) is 0 Å².